The molecule has 1 aromatic heterocycles. The Balaban J connectivity index is 2.23. The number of alkyl halides is 3. The van der Waals surface area contributed by atoms with Crippen LogP contribution in [0.5, 0.6) is 11.8 Å². The molecule has 0 atom stereocenters. The molecule has 0 unspecified atom stereocenters. The lowest BCUT2D eigenvalue weighted by Gasteiger charge is -2.14. The molecule has 0 fully saturated rings. The van der Waals surface area contributed by atoms with E-state index in [4.69, 9.17) is 4.74 Å². The Kier molecular flexibility index (Phi) is 3.74. The van der Waals surface area contributed by atoms with E-state index < -0.39 is 11.7 Å². The summed E-state index contributed by atoms with van der Waals surface area (Å²) in [5, 5.41) is 0. The van der Waals surface area contributed by atoms with Gasteiger partial charge in [-0.15, -0.1) is 0 Å². The number of rotatable bonds is 3. The van der Waals surface area contributed by atoms with Gasteiger partial charge in [0, 0.05) is 11.7 Å². The Hall–Kier alpha value is -1.98. The highest BCUT2D eigenvalue weighted by atomic mass is 19.4. The van der Waals surface area contributed by atoms with E-state index in [9.17, 15) is 13.2 Å². The third kappa shape index (κ3) is 2.95. The Morgan fingerprint density at radius 1 is 1.15 bits per heavy atom. The molecule has 0 bridgehead atoms. The van der Waals surface area contributed by atoms with E-state index in [1.807, 2.05) is 25.3 Å². The summed E-state index contributed by atoms with van der Waals surface area (Å²) in [5.74, 6) is 0.325. The van der Waals surface area contributed by atoms with E-state index in [1.165, 1.54) is 12.1 Å². The first-order valence-electron chi connectivity index (χ1n) is 6.18. The van der Waals surface area contributed by atoms with Gasteiger partial charge in [0.1, 0.15) is 5.75 Å². The van der Waals surface area contributed by atoms with Gasteiger partial charge in [-0.25, -0.2) is 4.98 Å². The minimum atomic E-state index is -4.34. The molecule has 2 aromatic rings. The Morgan fingerprint density at radius 3 is 2.25 bits per heavy atom. The van der Waals surface area contributed by atoms with Crippen molar-refractivity contribution in [1.29, 1.82) is 0 Å². The molecule has 3 nitrogen and oxygen atoms in total. The van der Waals surface area contributed by atoms with Crippen molar-refractivity contribution in [3.05, 3.63) is 41.7 Å². The van der Waals surface area contributed by atoms with E-state index in [-0.39, 0.29) is 6.04 Å². The number of aromatic nitrogens is 2. The molecule has 0 aliphatic carbocycles. The minimum absolute atomic E-state index is 0.155. The summed E-state index contributed by atoms with van der Waals surface area (Å²) in [6, 6.07) is 5.09. The molecule has 0 N–H and O–H groups in total. The van der Waals surface area contributed by atoms with Gasteiger partial charge in [-0.2, -0.15) is 13.2 Å². The minimum Gasteiger partial charge on any atom is -0.426 e. The highest BCUT2D eigenvalue weighted by Gasteiger charge is 2.30. The Morgan fingerprint density at radius 2 is 1.75 bits per heavy atom. The number of imidazole rings is 1. The molecule has 0 spiro atoms. The zero-order valence-corrected chi connectivity index (χ0v) is 11.4. The van der Waals surface area contributed by atoms with Crippen molar-refractivity contribution < 1.29 is 17.9 Å². The van der Waals surface area contributed by atoms with Crippen LogP contribution in [-0.2, 0) is 6.18 Å². The first-order chi connectivity index (χ1) is 9.29. The molecule has 0 saturated heterocycles. The van der Waals surface area contributed by atoms with Gasteiger partial charge >= 0.3 is 12.2 Å². The third-order valence-electron chi connectivity index (χ3n) is 2.86. The lowest BCUT2D eigenvalue weighted by molar-refractivity contribution is -0.137. The number of ether oxygens (including phenoxy) is 1. The van der Waals surface area contributed by atoms with Gasteiger partial charge < -0.3 is 4.74 Å². The average molecular weight is 284 g/mol. The summed E-state index contributed by atoms with van der Waals surface area (Å²) in [6.45, 7) is 5.86. The molecule has 108 valence electrons. The number of hydrogen-bond donors (Lipinski definition) is 0. The molecule has 0 saturated carbocycles. The molecule has 1 aromatic carbocycles. The van der Waals surface area contributed by atoms with Crippen LogP contribution < -0.4 is 4.74 Å². The second-order valence-electron chi connectivity index (χ2n) is 4.77. The number of nitrogens with zero attached hydrogens (tertiary/aromatic N) is 2. The van der Waals surface area contributed by atoms with Crippen LogP contribution in [0, 0.1) is 6.92 Å². The Bertz CT molecular complexity index is 585. The molecule has 0 amide bonds. The third-order valence-corrected chi connectivity index (χ3v) is 2.86. The van der Waals surface area contributed by atoms with Crippen molar-refractivity contribution in [3.8, 4) is 11.8 Å². The summed E-state index contributed by atoms with van der Waals surface area (Å²) in [7, 11) is 0. The number of halogens is 3. The summed E-state index contributed by atoms with van der Waals surface area (Å²) >= 11 is 0. The molecule has 6 heteroatoms. The average Bonchev–Trinajstić information content (AvgIpc) is 2.70. The van der Waals surface area contributed by atoms with Crippen LogP contribution in [0.25, 0.3) is 0 Å². The number of aryl methyl sites for hydroxylation is 1. The van der Waals surface area contributed by atoms with E-state index >= 15 is 0 Å². The standard InChI is InChI=1S/C14H15F3N2O/c1-9(2)19-10(3)8-18-13(19)20-12-6-4-11(5-7-12)14(15,16)17/h4-9H,1-3H3. The van der Waals surface area contributed by atoms with E-state index in [0.29, 0.717) is 11.8 Å². The van der Waals surface area contributed by atoms with Gasteiger partial charge in [0.05, 0.1) is 11.8 Å². The largest absolute Gasteiger partial charge is 0.426 e. The highest BCUT2D eigenvalue weighted by molar-refractivity contribution is 5.31. The number of hydrogen-bond acceptors (Lipinski definition) is 2. The first-order valence-corrected chi connectivity index (χ1v) is 6.18. The zero-order valence-electron chi connectivity index (χ0n) is 11.4. The fraction of sp³-hybridized carbons (Fsp3) is 0.357. The summed E-state index contributed by atoms with van der Waals surface area (Å²) < 4.78 is 44.8. The van der Waals surface area contributed by atoms with Crippen LogP contribution in [0.15, 0.2) is 30.5 Å². The molecule has 2 rings (SSSR count). The lowest BCUT2D eigenvalue weighted by Crippen LogP contribution is -2.06. The van der Waals surface area contributed by atoms with Crippen LogP contribution in [0.2, 0.25) is 0 Å². The van der Waals surface area contributed by atoms with Gasteiger partial charge in [-0.1, -0.05) is 0 Å². The maximum Gasteiger partial charge on any atom is 0.416 e. The first kappa shape index (κ1) is 14.4. The van der Waals surface area contributed by atoms with Gasteiger partial charge in [0.25, 0.3) is 0 Å². The lowest BCUT2D eigenvalue weighted by atomic mass is 10.2. The highest BCUT2D eigenvalue weighted by Crippen LogP contribution is 2.31. The molecule has 0 aliphatic heterocycles. The van der Waals surface area contributed by atoms with Crippen LogP contribution in [0.1, 0.15) is 31.1 Å². The monoisotopic (exact) mass is 284 g/mol. The quantitative estimate of drug-likeness (QED) is 0.824. The van der Waals surface area contributed by atoms with Crippen molar-refractivity contribution in [3.63, 3.8) is 0 Å². The van der Waals surface area contributed by atoms with Crippen LogP contribution in [0.3, 0.4) is 0 Å². The maximum atomic E-state index is 12.5. The van der Waals surface area contributed by atoms with Gasteiger partial charge in [0.15, 0.2) is 0 Å². The normalized spacial score (nSPS) is 11.9. The van der Waals surface area contributed by atoms with Crippen molar-refractivity contribution in [2.24, 2.45) is 0 Å². The topological polar surface area (TPSA) is 27.1 Å². The smallest absolute Gasteiger partial charge is 0.416 e. The second-order valence-corrected chi connectivity index (χ2v) is 4.77. The SMILES string of the molecule is Cc1cnc(Oc2ccc(C(F)(F)F)cc2)n1C(C)C. The molecule has 20 heavy (non-hydrogen) atoms. The summed E-state index contributed by atoms with van der Waals surface area (Å²) in [6.07, 6.45) is -2.68. The fourth-order valence-electron chi connectivity index (χ4n) is 1.94. The fourth-order valence-corrected chi connectivity index (χ4v) is 1.94. The van der Waals surface area contributed by atoms with E-state index in [2.05, 4.69) is 4.98 Å². The molecular weight excluding hydrogens is 269 g/mol. The van der Waals surface area contributed by atoms with Gasteiger partial charge in [0.2, 0.25) is 0 Å². The van der Waals surface area contributed by atoms with Gasteiger partial charge in [-0.3, -0.25) is 4.57 Å². The predicted molar refractivity (Wildman–Crippen MR) is 68.9 cm³/mol. The summed E-state index contributed by atoms with van der Waals surface area (Å²) in [5.41, 5.74) is 0.232. The van der Waals surface area contributed by atoms with E-state index in [1.54, 1.807) is 6.20 Å². The van der Waals surface area contributed by atoms with Crippen molar-refractivity contribution in [1.82, 2.24) is 9.55 Å². The molecular formula is C14H15F3N2O. The zero-order chi connectivity index (χ0) is 14.9. The second kappa shape index (κ2) is 5.19. The van der Waals surface area contributed by atoms with Crippen molar-refractivity contribution in [2.45, 2.75) is 33.0 Å². The molecule has 0 radical (unpaired) electrons. The van der Waals surface area contributed by atoms with Crippen LogP contribution in [-0.4, -0.2) is 9.55 Å². The van der Waals surface area contributed by atoms with Crippen molar-refractivity contribution in [2.75, 3.05) is 0 Å². The van der Waals surface area contributed by atoms with E-state index in [0.717, 1.165) is 17.8 Å². The molecule has 0 aliphatic rings. The Labute approximate surface area is 115 Å². The van der Waals surface area contributed by atoms with Crippen molar-refractivity contribution >= 4 is 0 Å². The van der Waals surface area contributed by atoms with Gasteiger partial charge in [-0.05, 0) is 45.0 Å². The summed E-state index contributed by atoms with van der Waals surface area (Å²) in [4.78, 5) is 4.12. The van der Waals surface area contributed by atoms with Crippen LogP contribution in [0.4, 0.5) is 13.2 Å². The maximum absolute atomic E-state index is 12.5. The predicted octanol–water partition coefficient (Wildman–Crippen LogP) is 4.58. The molecule has 1 heterocycles. The number of benzene rings is 1. The van der Waals surface area contributed by atoms with Crippen LogP contribution >= 0.6 is 0 Å².